The minimum absolute atomic E-state index is 0.205. The SMILES string of the molecule is CCOC(=O)C1(COc2ccccn2)CCC2(CC1)OCCO2. The summed E-state index contributed by atoms with van der Waals surface area (Å²) in [5.41, 5.74) is -0.659. The van der Waals surface area contributed by atoms with Crippen LogP contribution in [0.3, 0.4) is 0 Å². The van der Waals surface area contributed by atoms with Gasteiger partial charge >= 0.3 is 5.97 Å². The van der Waals surface area contributed by atoms with E-state index in [4.69, 9.17) is 18.9 Å². The maximum atomic E-state index is 12.5. The molecule has 0 amide bonds. The van der Waals surface area contributed by atoms with Gasteiger partial charge in [-0.15, -0.1) is 0 Å². The normalized spacial score (nSPS) is 22.0. The first kappa shape index (κ1) is 16.2. The Hall–Kier alpha value is -1.66. The van der Waals surface area contributed by atoms with E-state index in [1.165, 1.54) is 0 Å². The summed E-state index contributed by atoms with van der Waals surface area (Å²) in [4.78, 5) is 16.7. The molecule has 2 aliphatic rings. The van der Waals surface area contributed by atoms with Gasteiger partial charge in [0, 0.05) is 25.1 Å². The molecule has 0 bridgehead atoms. The van der Waals surface area contributed by atoms with Crippen molar-refractivity contribution >= 4 is 5.97 Å². The van der Waals surface area contributed by atoms with E-state index in [-0.39, 0.29) is 12.6 Å². The Kier molecular flexibility index (Phi) is 4.82. The molecule has 2 heterocycles. The zero-order valence-electron chi connectivity index (χ0n) is 13.5. The number of carbonyl (C=O) groups excluding carboxylic acids is 1. The molecule has 6 heteroatoms. The molecule has 0 N–H and O–H groups in total. The number of hydrogen-bond acceptors (Lipinski definition) is 6. The first-order chi connectivity index (χ1) is 11.2. The van der Waals surface area contributed by atoms with Crippen LogP contribution >= 0.6 is 0 Å². The lowest BCUT2D eigenvalue weighted by atomic mass is 9.72. The molecule has 1 saturated carbocycles. The number of nitrogens with zero attached hydrogens (tertiary/aromatic N) is 1. The summed E-state index contributed by atoms with van der Waals surface area (Å²) in [6, 6.07) is 5.47. The minimum Gasteiger partial charge on any atom is -0.476 e. The van der Waals surface area contributed by atoms with E-state index in [0.29, 0.717) is 51.4 Å². The van der Waals surface area contributed by atoms with Crippen molar-refractivity contribution in [2.45, 2.75) is 38.4 Å². The maximum Gasteiger partial charge on any atom is 0.315 e. The van der Waals surface area contributed by atoms with Crippen LogP contribution in [0.15, 0.2) is 24.4 Å². The molecule has 1 aromatic heterocycles. The third-order valence-corrected chi connectivity index (χ3v) is 4.63. The Morgan fingerprint density at radius 1 is 1.22 bits per heavy atom. The summed E-state index contributed by atoms with van der Waals surface area (Å²) < 4.78 is 22.6. The van der Waals surface area contributed by atoms with Gasteiger partial charge in [-0.05, 0) is 25.8 Å². The zero-order chi connectivity index (χ0) is 16.2. The molecule has 1 saturated heterocycles. The molecule has 0 atom stereocenters. The topological polar surface area (TPSA) is 66.9 Å². The van der Waals surface area contributed by atoms with Crippen molar-refractivity contribution in [3.8, 4) is 5.88 Å². The van der Waals surface area contributed by atoms with Crippen molar-refractivity contribution in [1.29, 1.82) is 0 Å². The van der Waals surface area contributed by atoms with Crippen molar-refractivity contribution in [2.24, 2.45) is 5.41 Å². The van der Waals surface area contributed by atoms with Gasteiger partial charge in [0.1, 0.15) is 12.0 Å². The zero-order valence-corrected chi connectivity index (χ0v) is 13.5. The Morgan fingerprint density at radius 2 is 1.96 bits per heavy atom. The van der Waals surface area contributed by atoms with Crippen LogP contribution in [0.1, 0.15) is 32.6 Å². The molecular formula is C17H23NO5. The summed E-state index contributed by atoms with van der Waals surface area (Å²) in [5, 5.41) is 0. The van der Waals surface area contributed by atoms with Gasteiger partial charge in [0.15, 0.2) is 5.79 Å². The van der Waals surface area contributed by atoms with Gasteiger partial charge in [-0.25, -0.2) is 4.98 Å². The second-order valence-electron chi connectivity index (χ2n) is 6.07. The fourth-order valence-electron chi connectivity index (χ4n) is 3.23. The molecular weight excluding hydrogens is 298 g/mol. The number of pyridine rings is 1. The maximum absolute atomic E-state index is 12.5. The third-order valence-electron chi connectivity index (χ3n) is 4.63. The van der Waals surface area contributed by atoms with E-state index >= 15 is 0 Å². The van der Waals surface area contributed by atoms with Crippen molar-refractivity contribution in [3.05, 3.63) is 24.4 Å². The van der Waals surface area contributed by atoms with Crippen LogP contribution in [0, 0.1) is 5.41 Å². The quantitative estimate of drug-likeness (QED) is 0.776. The lowest BCUT2D eigenvalue weighted by molar-refractivity contribution is -0.202. The van der Waals surface area contributed by atoms with Crippen LogP contribution < -0.4 is 4.74 Å². The van der Waals surface area contributed by atoms with Crippen LogP contribution in [0.25, 0.3) is 0 Å². The number of esters is 1. The van der Waals surface area contributed by atoms with Gasteiger partial charge in [0.2, 0.25) is 5.88 Å². The minimum atomic E-state index is -0.659. The molecule has 3 rings (SSSR count). The fourth-order valence-corrected chi connectivity index (χ4v) is 3.23. The molecule has 0 unspecified atom stereocenters. The molecule has 1 aromatic rings. The Balaban J connectivity index is 1.69. The Labute approximate surface area is 136 Å². The van der Waals surface area contributed by atoms with Crippen LogP contribution in [0.2, 0.25) is 0 Å². The van der Waals surface area contributed by atoms with Crippen LogP contribution in [-0.4, -0.2) is 43.2 Å². The number of aromatic nitrogens is 1. The highest BCUT2D eigenvalue weighted by molar-refractivity contribution is 5.77. The largest absolute Gasteiger partial charge is 0.476 e. The molecule has 1 aliphatic carbocycles. The Morgan fingerprint density at radius 3 is 2.57 bits per heavy atom. The fraction of sp³-hybridized carbons (Fsp3) is 0.647. The summed E-state index contributed by atoms with van der Waals surface area (Å²) in [5.74, 6) is -0.199. The molecule has 126 valence electrons. The lowest BCUT2D eigenvalue weighted by Crippen LogP contribution is -2.47. The molecule has 0 radical (unpaired) electrons. The van der Waals surface area contributed by atoms with Crippen molar-refractivity contribution in [1.82, 2.24) is 4.98 Å². The van der Waals surface area contributed by atoms with Crippen molar-refractivity contribution in [3.63, 3.8) is 0 Å². The van der Waals surface area contributed by atoms with E-state index in [1.54, 1.807) is 12.3 Å². The van der Waals surface area contributed by atoms with Gasteiger partial charge in [-0.3, -0.25) is 4.79 Å². The number of carbonyl (C=O) groups is 1. The molecule has 2 fully saturated rings. The first-order valence-corrected chi connectivity index (χ1v) is 8.17. The van der Waals surface area contributed by atoms with E-state index < -0.39 is 11.2 Å². The molecule has 23 heavy (non-hydrogen) atoms. The predicted molar refractivity (Wildman–Crippen MR) is 81.9 cm³/mol. The van der Waals surface area contributed by atoms with Crippen LogP contribution in [0.5, 0.6) is 5.88 Å². The molecule has 6 nitrogen and oxygen atoms in total. The van der Waals surface area contributed by atoms with E-state index in [0.717, 1.165) is 0 Å². The number of ether oxygens (including phenoxy) is 4. The van der Waals surface area contributed by atoms with Crippen molar-refractivity contribution < 1.29 is 23.7 Å². The summed E-state index contributed by atoms with van der Waals surface area (Å²) >= 11 is 0. The highest BCUT2D eigenvalue weighted by Crippen LogP contribution is 2.45. The standard InChI is InChI=1S/C17H23NO5/c1-2-20-15(19)16(13-21-14-5-3-4-10-18-14)6-8-17(9-7-16)22-11-12-23-17/h3-5,10H,2,6-9,11-13H2,1H3. The second kappa shape index (κ2) is 6.84. The highest BCUT2D eigenvalue weighted by atomic mass is 16.7. The van der Waals surface area contributed by atoms with Crippen molar-refractivity contribution in [2.75, 3.05) is 26.4 Å². The van der Waals surface area contributed by atoms with Gasteiger partial charge in [-0.2, -0.15) is 0 Å². The predicted octanol–water partition coefficient (Wildman–Crippen LogP) is 2.33. The van der Waals surface area contributed by atoms with E-state index in [2.05, 4.69) is 4.98 Å². The van der Waals surface area contributed by atoms with Gasteiger partial charge < -0.3 is 18.9 Å². The second-order valence-corrected chi connectivity index (χ2v) is 6.07. The first-order valence-electron chi connectivity index (χ1n) is 8.17. The summed E-state index contributed by atoms with van der Waals surface area (Å²) in [6.45, 7) is 3.69. The monoisotopic (exact) mass is 321 g/mol. The summed E-state index contributed by atoms with van der Waals surface area (Å²) in [7, 11) is 0. The highest BCUT2D eigenvalue weighted by Gasteiger charge is 2.51. The van der Waals surface area contributed by atoms with Gasteiger partial charge in [0.05, 0.1) is 19.8 Å². The smallest absolute Gasteiger partial charge is 0.315 e. The summed E-state index contributed by atoms with van der Waals surface area (Å²) in [6.07, 6.45) is 4.27. The van der Waals surface area contributed by atoms with Crippen LogP contribution in [0.4, 0.5) is 0 Å². The average Bonchev–Trinajstić information content (AvgIpc) is 3.04. The number of rotatable bonds is 5. The van der Waals surface area contributed by atoms with Crippen LogP contribution in [-0.2, 0) is 19.0 Å². The molecule has 1 aliphatic heterocycles. The average molecular weight is 321 g/mol. The lowest BCUT2D eigenvalue weighted by Gasteiger charge is -2.41. The van der Waals surface area contributed by atoms with Gasteiger partial charge in [0.25, 0.3) is 0 Å². The number of hydrogen-bond donors (Lipinski definition) is 0. The molecule has 1 spiro atoms. The van der Waals surface area contributed by atoms with Gasteiger partial charge in [-0.1, -0.05) is 6.07 Å². The Bertz CT molecular complexity index is 517. The third kappa shape index (κ3) is 3.48. The van der Waals surface area contributed by atoms with E-state index in [1.807, 2.05) is 19.1 Å². The molecule has 0 aromatic carbocycles. The van der Waals surface area contributed by atoms with E-state index in [9.17, 15) is 4.79 Å².